The van der Waals surface area contributed by atoms with Crippen LogP contribution in [-0.4, -0.2) is 36.1 Å². The fourth-order valence-electron chi connectivity index (χ4n) is 2.37. The lowest BCUT2D eigenvalue weighted by Crippen LogP contribution is -2.24. The van der Waals surface area contributed by atoms with Crippen LogP contribution in [-0.2, 0) is 12.0 Å². The number of aromatic nitrogens is 1. The summed E-state index contributed by atoms with van der Waals surface area (Å²) in [5.41, 5.74) is 1.39. The van der Waals surface area contributed by atoms with Gasteiger partial charge in [0.25, 0.3) is 0 Å². The molecule has 0 aromatic carbocycles. The molecule has 0 bridgehead atoms. The minimum absolute atomic E-state index is 0.171. The number of hydrogen-bond donors (Lipinski definition) is 1. The van der Waals surface area contributed by atoms with E-state index in [4.69, 9.17) is 4.98 Å². The number of likely N-dealkylation sites (tertiary alicyclic amines) is 1. The molecule has 108 valence electrons. The average Bonchev–Trinajstić information content (AvgIpc) is 2.97. The molecular weight excluding hydrogens is 254 g/mol. The second kappa shape index (κ2) is 6.82. The minimum Gasteiger partial charge on any atom is -0.310 e. The van der Waals surface area contributed by atoms with Crippen molar-refractivity contribution in [2.45, 2.75) is 52.0 Å². The van der Waals surface area contributed by atoms with E-state index in [2.05, 4.69) is 36.4 Å². The van der Waals surface area contributed by atoms with Crippen molar-refractivity contribution in [3.05, 3.63) is 16.1 Å². The van der Waals surface area contributed by atoms with Crippen molar-refractivity contribution in [1.82, 2.24) is 15.2 Å². The number of rotatable bonds is 6. The van der Waals surface area contributed by atoms with Gasteiger partial charge in [-0.25, -0.2) is 4.98 Å². The Morgan fingerprint density at radius 2 is 2.05 bits per heavy atom. The molecule has 1 aromatic rings. The van der Waals surface area contributed by atoms with Crippen molar-refractivity contribution in [2.24, 2.45) is 0 Å². The van der Waals surface area contributed by atoms with Crippen molar-refractivity contribution in [1.29, 1.82) is 0 Å². The van der Waals surface area contributed by atoms with Gasteiger partial charge in [0.2, 0.25) is 0 Å². The molecule has 0 atom stereocenters. The number of nitrogens with zero attached hydrogens (tertiary/aromatic N) is 2. The van der Waals surface area contributed by atoms with E-state index in [9.17, 15) is 0 Å². The lowest BCUT2D eigenvalue weighted by molar-refractivity contribution is 0.331. The van der Waals surface area contributed by atoms with E-state index in [0.717, 1.165) is 13.1 Å². The maximum Gasteiger partial charge on any atom is 0.107 e. The first-order valence-corrected chi connectivity index (χ1v) is 8.31. The highest BCUT2D eigenvalue weighted by atomic mass is 32.1. The van der Waals surface area contributed by atoms with Gasteiger partial charge in [-0.1, -0.05) is 20.8 Å². The lowest BCUT2D eigenvalue weighted by atomic mass is 9.93. The van der Waals surface area contributed by atoms with Crippen LogP contribution in [0.1, 0.15) is 50.7 Å². The smallest absolute Gasteiger partial charge is 0.107 e. The standard InChI is InChI=1S/C15H27N3S/c1-15(2,3)13-12-19-14(17-13)11-16-7-6-10-18-8-4-5-9-18/h12,16H,4-11H2,1-3H3. The van der Waals surface area contributed by atoms with E-state index in [1.165, 1.54) is 49.6 Å². The Hall–Kier alpha value is -0.450. The zero-order valence-electron chi connectivity index (χ0n) is 12.5. The molecule has 2 heterocycles. The number of thiazole rings is 1. The molecule has 0 spiro atoms. The van der Waals surface area contributed by atoms with Crippen LogP contribution in [0.2, 0.25) is 0 Å². The summed E-state index contributed by atoms with van der Waals surface area (Å²) >= 11 is 1.78. The van der Waals surface area contributed by atoms with Gasteiger partial charge in [0, 0.05) is 17.3 Å². The second-order valence-corrected chi connectivity index (χ2v) is 7.40. The van der Waals surface area contributed by atoms with Gasteiger partial charge in [-0.3, -0.25) is 0 Å². The van der Waals surface area contributed by atoms with E-state index in [1.807, 2.05) is 0 Å². The maximum atomic E-state index is 4.70. The van der Waals surface area contributed by atoms with Crippen molar-refractivity contribution < 1.29 is 0 Å². The minimum atomic E-state index is 0.171. The molecule has 1 saturated heterocycles. The van der Waals surface area contributed by atoms with E-state index in [1.54, 1.807) is 11.3 Å². The fraction of sp³-hybridized carbons (Fsp3) is 0.800. The van der Waals surface area contributed by atoms with Crippen molar-refractivity contribution >= 4 is 11.3 Å². The van der Waals surface area contributed by atoms with Crippen LogP contribution in [0.25, 0.3) is 0 Å². The first kappa shape index (κ1) is 14.9. The molecule has 0 aliphatic carbocycles. The topological polar surface area (TPSA) is 28.2 Å². The molecule has 1 aromatic heterocycles. The molecular formula is C15H27N3S. The maximum absolute atomic E-state index is 4.70. The fourth-order valence-corrected chi connectivity index (χ4v) is 3.36. The lowest BCUT2D eigenvalue weighted by Gasteiger charge is -2.14. The van der Waals surface area contributed by atoms with Crippen LogP contribution in [0.4, 0.5) is 0 Å². The summed E-state index contributed by atoms with van der Waals surface area (Å²) in [6, 6.07) is 0. The molecule has 2 rings (SSSR count). The van der Waals surface area contributed by atoms with Gasteiger partial charge in [-0.15, -0.1) is 11.3 Å². The summed E-state index contributed by atoms with van der Waals surface area (Å²) in [6.07, 6.45) is 4.03. The monoisotopic (exact) mass is 281 g/mol. The summed E-state index contributed by atoms with van der Waals surface area (Å²) in [4.78, 5) is 7.27. The molecule has 3 nitrogen and oxygen atoms in total. The Labute approximate surface area is 121 Å². The van der Waals surface area contributed by atoms with Gasteiger partial charge in [0.05, 0.1) is 5.69 Å². The Kier molecular flexibility index (Phi) is 5.37. The highest BCUT2D eigenvalue weighted by Gasteiger charge is 2.17. The number of nitrogens with one attached hydrogen (secondary N) is 1. The quantitative estimate of drug-likeness (QED) is 0.813. The molecule has 1 aliphatic rings. The molecule has 0 unspecified atom stereocenters. The summed E-state index contributed by atoms with van der Waals surface area (Å²) in [5.74, 6) is 0. The van der Waals surface area contributed by atoms with Crippen LogP contribution in [0.15, 0.2) is 5.38 Å². The normalized spacial score (nSPS) is 17.2. The Balaban J connectivity index is 1.61. The van der Waals surface area contributed by atoms with E-state index < -0.39 is 0 Å². The van der Waals surface area contributed by atoms with Gasteiger partial charge >= 0.3 is 0 Å². The van der Waals surface area contributed by atoms with Gasteiger partial charge in [0.15, 0.2) is 0 Å². The molecule has 4 heteroatoms. The SMILES string of the molecule is CC(C)(C)c1csc(CNCCCN2CCCC2)n1. The van der Waals surface area contributed by atoms with Gasteiger partial charge in [-0.05, 0) is 45.4 Å². The predicted octanol–water partition coefficient (Wildman–Crippen LogP) is 3.02. The van der Waals surface area contributed by atoms with Gasteiger partial charge in [0.1, 0.15) is 5.01 Å². The van der Waals surface area contributed by atoms with Gasteiger partial charge in [-0.2, -0.15) is 0 Å². The van der Waals surface area contributed by atoms with E-state index in [0.29, 0.717) is 0 Å². The average molecular weight is 281 g/mol. The van der Waals surface area contributed by atoms with Crippen LogP contribution in [0.3, 0.4) is 0 Å². The first-order valence-electron chi connectivity index (χ1n) is 7.44. The third-order valence-corrected chi connectivity index (χ3v) is 4.47. The zero-order valence-corrected chi connectivity index (χ0v) is 13.4. The van der Waals surface area contributed by atoms with Crippen LogP contribution < -0.4 is 5.32 Å². The summed E-state index contributed by atoms with van der Waals surface area (Å²) in [6.45, 7) is 12.5. The summed E-state index contributed by atoms with van der Waals surface area (Å²) < 4.78 is 0. The number of hydrogen-bond acceptors (Lipinski definition) is 4. The Morgan fingerprint density at radius 3 is 2.68 bits per heavy atom. The highest BCUT2D eigenvalue weighted by Crippen LogP contribution is 2.23. The first-order chi connectivity index (χ1) is 9.05. The predicted molar refractivity (Wildman–Crippen MR) is 82.8 cm³/mol. The third-order valence-electron chi connectivity index (χ3n) is 3.62. The van der Waals surface area contributed by atoms with Gasteiger partial charge < -0.3 is 10.2 Å². The molecule has 1 N–H and O–H groups in total. The van der Waals surface area contributed by atoms with E-state index >= 15 is 0 Å². The largest absolute Gasteiger partial charge is 0.310 e. The van der Waals surface area contributed by atoms with Crippen molar-refractivity contribution in [3.8, 4) is 0 Å². The van der Waals surface area contributed by atoms with E-state index in [-0.39, 0.29) is 5.41 Å². The summed E-state index contributed by atoms with van der Waals surface area (Å²) in [5, 5.41) is 6.92. The molecule has 0 radical (unpaired) electrons. The Bertz CT molecular complexity index is 375. The second-order valence-electron chi connectivity index (χ2n) is 6.46. The third kappa shape index (κ3) is 4.86. The van der Waals surface area contributed by atoms with Crippen molar-refractivity contribution in [3.63, 3.8) is 0 Å². The van der Waals surface area contributed by atoms with Crippen LogP contribution in [0.5, 0.6) is 0 Å². The molecule has 1 aliphatic heterocycles. The summed E-state index contributed by atoms with van der Waals surface area (Å²) in [7, 11) is 0. The molecule has 0 saturated carbocycles. The molecule has 0 amide bonds. The highest BCUT2D eigenvalue weighted by molar-refractivity contribution is 7.09. The zero-order chi connectivity index (χ0) is 13.7. The van der Waals surface area contributed by atoms with Crippen molar-refractivity contribution in [2.75, 3.05) is 26.2 Å². The molecule has 19 heavy (non-hydrogen) atoms. The van der Waals surface area contributed by atoms with Crippen LogP contribution in [0, 0.1) is 0 Å². The Morgan fingerprint density at radius 1 is 1.32 bits per heavy atom. The van der Waals surface area contributed by atoms with Crippen LogP contribution >= 0.6 is 11.3 Å². The molecule has 1 fully saturated rings.